The molecule has 2 heterocycles. The maximum Gasteiger partial charge on any atom is 0.330 e. The van der Waals surface area contributed by atoms with E-state index in [4.69, 9.17) is 69.7 Å². The minimum absolute atomic E-state index is 0.00533. The van der Waals surface area contributed by atoms with Gasteiger partial charge in [0, 0.05) is 61.8 Å². The van der Waals surface area contributed by atoms with E-state index < -0.39 is 131 Å². The molecule has 4 bridgehead atoms. The first kappa shape index (κ1) is 88.2. The molecule has 4 aliphatic carbocycles. The van der Waals surface area contributed by atoms with Gasteiger partial charge in [0.1, 0.15) is 42.9 Å². The molecule has 23 N–H and O–H groups in total. The Balaban J connectivity index is 0.854. The molecule has 6 fully saturated rings. The van der Waals surface area contributed by atoms with Crippen LogP contribution in [0.15, 0.2) is 42.5 Å². The van der Waals surface area contributed by atoms with Crippen molar-refractivity contribution in [1.29, 1.82) is 5.41 Å². The third-order valence-electron chi connectivity index (χ3n) is 20.8. The first-order valence-electron chi connectivity index (χ1n) is 37.6. The average Bonchev–Trinajstić information content (AvgIpc) is 1.27. The van der Waals surface area contributed by atoms with E-state index in [0.29, 0.717) is 92.1 Å². The molecular formula is C73H113ClN16O18S. The van der Waals surface area contributed by atoms with Gasteiger partial charge in [-0.2, -0.15) is 4.89 Å². The van der Waals surface area contributed by atoms with Crippen molar-refractivity contribution in [1.82, 2.24) is 47.4 Å². The monoisotopic (exact) mass is 1570 g/mol. The smallest absolute Gasteiger partial charge is 0.330 e. The highest BCUT2D eigenvalue weighted by molar-refractivity contribution is 8.00. The number of nitrogens with one attached hydrogen (secondary N) is 10. The number of nitrogens with two attached hydrogens (primary N) is 5. The van der Waals surface area contributed by atoms with Gasteiger partial charge in [-0.1, -0.05) is 56.1 Å². The predicted octanol–water partition coefficient (Wildman–Crippen LogP) is 1.58. The molecule has 2 saturated heterocycles. The van der Waals surface area contributed by atoms with Crippen molar-refractivity contribution in [3.05, 3.63) is 64.2 Å². The molecule has 9 amide bonds. The van der Waals surface area contributed by atoms with Crippen LogP contribution in [0.25, 0.3) is 6.08 Å². The van der Waals surface area contributed by atoms with E-state index in [-0.39, 0.29) is 118 Å². The molecule has 1 spiro atoms. The number of carboxylic acid groups (broad SMARTS) is 1. The van der Waals surface area contributed by atoms with Crippen LogP contribution in [-0.2, 0) is 74.8 Å². The van der Waals surface area contributed by atoms with Gasteiger partial charge in [0.05, 0.1) is 42.1 Å². The molecule has 4 saturated carbocycles. The average molecular weight is 1570 g/mol. The number of rotatable bonds is 49. The first-order chi connectivity index (χ1) is 52.1. The van der Waals surface area contributed by atoms with Gasteiger partial charge in [-0.3, -0.25) is 49.2 Å². The second kappa shape index (κ2) is 43.0. The van der Waals surface area contributed by atoms with Gasteiger partial charge in [-0.05, 0) is 182 Å². The first-order valence-corrected chi connectivity index (χ1v) is 39.1. The number of carboxylic acids is 1. The Morgan fingerprint density at radius 2 is 1.35 bits per heavy atom. The molecule has 109 heavy (non-hydrogen) atoms. The molecule has 0 aromatic heterocycles. The molecule has 10 atom stereocenters. The number of halogens is 1. The van der Waals surface area contributed by atoms with E-state index in [1.54, 1.807) is 57.4 Å². The summed E-state index contributed by atoms with van der Waals surface area (Å²) >= 11 is 8.37. The van der Waals surface area contributed by atoms with Crippen LogP contribution in [0.5, 0.6) is 5.75 Å². The lowest BCUT2D eigenvalue weighted by atomic mass is 9.47. The highest BCUT2D eigenvalue weighted by atomic mass is 35.5. The van der Waals surface area contributed by atoms with E-state index in [9.17, 15) is 63.3 Å². The number of aliphatic hydroxyl groups excluding tert-OH is 2. The van der Waals surface area contributed by atoms with Crippen LogP contribution in [0.3, 0.4) is 0 Å². The normalized spacial score (nSPS) is 22.7. The summed E-state index contributed by atoms with van der Waals surface area (Å²) in [6, 6.07) is 3.10. The number of anilines is 1. The van der Waals surface area contributed by atoms with Crippen LogP contribution in [-0.4, -0.2) is 204 Å². The molecule has 2 aromatic rings. The van der Waals surface area contributed by atoms with Crippen LogP contribution in [0.1, 0.15) is 159 Å². The number of nitrogens with zero attached hydrogens (tertiary/aromatic N) is 1. The van der Waals surface area contributed by atoms with Gasteiger partial charge in [0.2, 0.25) is 41.4 Å². The lowest BCUT2D eigenvalue weighted by Gasteiger charge is -2.68. The number of guanidine groups is 1. The third kappa shape index (κ3) is 24.5. The SMILES string of the molecule is COC(=O)/C=C/c1ccc(C2(OC)OOC23C2CC4CC(C2)CC3C4)c(Cl)c1OCc1ccc(NC(O)C(CCCNC(N)=O)NC(=O)C(NC(O)CCCCCN2C(=O)CC(SC[C@@H](N)C(=O)NCC(=O)N[C@H](CCCCN)C(=O)N[C@H](CCCNC(=N)N)C(=O)N[C@H](CCCCN)C(=O)O)C2=O)C(C)C)cc1. The minimum Gasteiger partial charge on any atom is -0.487 e. The summed E-state index contributed by atoms with van der Waals surface area (Å²) in [5.41, 5.74) is 29.7. The van der Waals surface area contributed by atoms with Gasteiger partial charge in [-0.25, -0.2) is 19.3 Å². The zero-order valence-electron chi connectivity index (χ0n) is 62.6. The number of carbonyl (C=O) groups excluding carboxylic acids is 9. The number of urea groups is 1. The molecule has 34 nitrogen and oxygen atoms in total. The van der Waals surface area contributed by atoms with Crippen LogP contribution in [0, 0.1) is 35.0 Å². The number of hydrogen-bond donors (Lipinski definition) is 18. The maximum absolute atomic E-state index is 14.1. The van der Waals surface area contributed by atoms with Crippen molar-refractivity contribution in [2.75, 3.05) is 64.6 Å². The summed E-state index contributed by atoms with van der Waals surface area (Å²) in [7, 11) is 2.88. The fourth-order valence-corrected chi connectivity index (χ4v) is 16.7. The molecule has 0 radical (unpaired) electrons. The summed E-state index contributed by atoms with van der Waals surface area (Å²) in [5, 5.41) is 63.8. The minimum atomic E-state index is -1.36. The van der Waals surface area contributed by atoms with Crippen molar-refractivity contribution in [2.45, 2.75) is 214 Å². The van der Waals surface area contributed by atoms with Gasteiger partial charge >= 0.3 is 18.0 Å². The number of methoxy groups -OCH3 is 2. The molecule has 36 heteroatoms. The Morgan fingerprint density at radius 1 is 0.734 bits per heavy atom. The molecule has 6 unspecified atom stereocenters. The van der Waals surface area contributed by atoms with E-state index in [1.165, 1.54) is 19.6 Å². The number of imide groups is 1. The molecule has 8 rings (SSSR count). The standard InChI is InChI=1S/C73H113ClN16O18S/c1-41(2)61(67(99)87-52(17-13-30-82-71(80)103)64(96)84-48-23-19-42(20-24-48)39-106-62-45(22-26-59(94)104-3)21-25-49(60(62)74)73(105-4)72(107-108-73)46-33-43-32-44(35-46)36-47(72)34-43)89-56(91)18-6-5-11-31-90-58(93)37-55(68(90)100)109-40-50(77)63(95)83-38-57(92)85-51(14-7-9-27-75)65(97)86-53(16-12-29-81-70(78)79)66(98)88-54(69(101)102)15-8-10-28-76/h19-26,41,43-44,46-47,50-56,61,64,84,89,91,96H,5-18,27-40,75-77H2,1-4H3,(H,83,95)(H,85,92)(H,86,97)(H,87,99)(H,88,98)(H,101,102)(H4,78,79,81)(H3,80,82,103)/b26-22+/t43?,44?,46?,47?,50-,51-,52?,53-,54-,55?,56?,61?,64?,72?,73?/m1/s1. The van der Waals surface area contributed by atoms with Crippen molar-refractivity contribution >= 4 is 100 Å². The van der Waals surface area contributed by atoms with Gasteiger partial charge in [-0.15, -0.1) is 11.8 Å². The van der Waals surface area contributed by atoms with Gasteiger partial charge in [0.25, 0.3) is 5.79 Å². The zero-order chi connectivity index (χ0) is 79.5. The zero-order valence-corrected chi connectivity index (χ0v) is 64.2. The van der Waals surface area contributed by atoms with E-state index in [2.05, 4.69) is 47.9 Å². The van der Waals surface area contributed by atoms with E-state index in [0.717, 1.165) is 42.3 Å². The number of aliphatic carboxylic acids is 1. The van der Waals surface area contributed by atoms with Crippen molar-refractivity contribution in [3.63, 3.8) is 0 Å². The van der Waals surface area contributed by atoms with Crippen LogP contribution >= 0.6 is 23.4 Å². The Bertz CT molecular complexity index is 3440. The third-order valence-corrected chi connectivity index (χ3v) is 22.5. The molecule has 2 aromatic carbocycles. The maximum atomic E-state index is 14.1. The highest BCUT2D eigenvalue weighted by Gasteiger charge is 2.77. The number of esters is 1. The lowest BCUT2D eigenvalue weighted by Crippen LogP contribution is -2.76. The van der Waals surface area contributed by atoms with Crippen molar-refractivity contribution in [3.8, 4) is 5.75 Å². The molecule has 606 valence electrons. The summed E-state index contributed by atoms with van der Waals surface area (Å²) in [6.07, 6.45) is 9.77. The van der Waals surface area contributed by atoms with Gasteiger partial charge < -0.3 is 101 Å². The predicted molar refractivity (Wildman–Crippen MR) is 405 cm³/mol. The molecule has 2 aliphatic heterocycles. The fraction of sp³-hybridized carbons (Fsp3) is 0.658. The Kier molecular flexibility index (Phi) is 34.8. The molecule has 6 aliphatic rings. The number of likely N-dealkylation sites (tertiary alicyclic amines) is 1. The number of carbonyl (C=O) groups is 10. The van der Waals surface area contributed by atoms with Crippen molar-refractivity contribution in [2.24, 2.45) is 58.3 Å². The topological polar surface area (TPSA) is 543 Å². The molecular weight excluding hydrogens is 1460 g/mol. The highest BCUT2D eigenvalue weighted by Crippen LogP contribution is 2.70. The van der Waals surface area contributed by atoms with Crippen LogP contribution in [0.4, 0.5) is 10.5 Å². The fourth-order valence-electron chi connectivity index (χ4n) is 15.3. The number of benzene rings is 2. The number of primary amides is 1. The van der Waals surface area contributed by atoms with Crippen LogP contribution in [0.2, 0.25) is 5.02 Å². The number of amides is 9. The Morgan fingerprint density at radius 3 is 1.94 bits per heavy atom. The second-order valence-corrected chi connectivity index (χ2v) is 30.6. The number of unbranched alkanes of at least 4 members (excludes halogenated alkanes) is 4. The van der Waals surface area contributed by atoms with Gasteiger partial charge in [0.15, 0.2) is 11.6 Å². The summed E-state index contributed by atoms with van der Waals surface area (Å²) in [6.45, 7) is 4.02. The number of ether oxygens (including phenoxy) is 3. The van der Waals surface area contributed by atoms with Crippen LogP contribution < -0.4 is 81.3 Å². The number of thioether (sulfide) groups is 1. The Labute approximate surface area is 644 Å². The second-order valence-electron chi connectivity index (χ2n) is 29.0. The Hall–Kier alpha value is -7.97. The quantitative estimate of drug-likeness (QED) is 0.00653. The largest absolute Gasteiger partial charge is 0.487 e. The summed E-state index contributed by atoms with van der Waals surface area (Å²) in [5.74, 6) is -6.36. The van der Waals surface area contributed by atoms with Crippen molar-refractivity contribution < 1.29 is 87.3 Å². The lowest BCUT2D eigenvalue weighted by molar-refractivity contribution is -0.645. The number of aliphatic hydroxyl groups is 2. The van der Waals surface area contributed by atoms with E-state index >= 15 is 0 Å². The summed E-state index contributed by atoms with van der Waals surface area (Å²) in [4.78, 5) is 144. The summed E-state index contributed by atoms with van der Waals surface area (Å²) < 4.78 is 17.7. The van der Waals surface area contributed by atoms with E-state index in [1.807, 2.05) is 6.07 Å². The number of hydrogen-bond acceptors (Lipinski definition) is 24.